The number of hydrogen-bond acceptors (Lipinski definition) is 4. The van der Waals surface area contributed by atoms with E-state index in [4.69, 9.17) is 11.6 Å². The van der Waals surface area contributed by atoms with E-state index in [1.807, 2.05) is 25.9 Å². The van der Waals surface area contributed by atoms with E-state index in [2.05, 4.69) is 14.7 Å². The second kappa shape index (κ2) is 5.95. The number of sulfonamides is 1. The lowest BCUT2D eigenvalue weighted by atomic mass is 10.3. The first-order valence-corrected chi connectivity index (χ1v) is 8.23. The van der Waals surface area contributed by atoms with Gasteiger partial charge in [0.25, 0.3) is 10.0 Å². The van der Waals surface area contributed by atoms with Gasteiger partial charge in [-0.15, -0.1) is 0 Å². The zero-order chi connectivity index (χ0) is 15.6. The number of aryl methyl sites for hydroxylation is 1. The minimum absolute atomic E-state index is 0.0344. The highest BCUT2D eigenvalue weighted by Gasteiger charge is 2.17. The van der Waals surface area contributed by atoms with Crippen LogP contribution >= 0.6 is 11.6 Å². The van der Waals surface area contributed by atoms with Crippen molar-refractivity contribution in [2.75, 3.05) is 23.7 Å². The molecule has 0 aliphatic heterocycles. The summed E-state index contributed by atoms with van der Waals surface area (Å²) in [7, 11) is 0.0333. The third-order valence-electron chi connectivity index (χ3n) is 2.91. The standard InChI is InChI=1S/C13H17ClN4O2S/c1-4-12-15-8-13(16-12)21(19,20)17-9-5-6-11(18(2)3)10(14)7-9/h5-8,17H,4H2,1-3H3,(H,15,16). The molecule has 0 aliphatic carbocycles. The van der Waals surface area contributed by atoms with Gasteiger partial charge in [-0.3, -0.25) is 4.72 Å². The fourth-order valence-electron chi connectivity index (χ4n) is 1.80. The highest BCUT2D eigenvalue weighted by molar-refractivity contribution is 7.92. The predicted octanol–water partition coefficient (Wildman–Crippen LogP) is 2.49. The average Bonchev–Trinajstić information content (AvgIpc) is 2.87. The zero-order valence-corrected chi connectivity index (χ0v) is 13.6. The molecule has 0 unspecified atom stereocenters. The Hall–Kier alpha value is -1.73. The van der Waals surface area contributed by atoms with Crippen LogP contribution in [0.2, 0.25) is 5.02 Å². The summed E-state index contributed by atoms with van der Waals surface area (Å²) in [6, 6.07) is 4.99. The van der Waals surface area contributed by atoms with Crippen molar-refractivity contribution < 1.29 is 8.42 Å². The molecule has 2 rings (SSSR count). The Balaban J connectivity index is 2.26. The van der Waals surface area contributed by atoms with Gasteiger partial charge in [-0.25, -0.2) is 4.98 Å². The Labute approximate surface area is 129 Å². The summed E-state index contributed by atoms with van der Waals surface area (Å²) < 4.78 is 26.9. The van der Waals surface area contributed by atoms with Crippen LogP contribution in [0.1, 0.15) is 12.7 Å². The van der Waals surface area contributed by atoms with Gasteiger partial charge >= 0.3 is 0 Å². The second-order valence-electron chi connectivity index (χ2n) is 4.71. The Morgan fingerprint density at radius 2 is 2.10 bits per heavy atom. The van der Waals surface area contributed by atoms with E-state index < -0.39 is 10.0 Å². The van der Waals surface area contributed by atoms with Gasteiger partial charge in [0, 0.05) is 20.5 Å². The number of H-pyrrole nitrogens is 1. The number of benzene rings is 1. The fraction of sp³-hybridized carbons (Fsp3) is 0.308. The third-order valence-corrected chi connectivity index (χ3v) is 4.50. The molecular formula is C13H17ClN4O2S. The topological polar surface area (TPSA) is 78.1 Å². The number of imidazole rings is 1. The molecule has 2 N–H and O–H groups in total. The quantitative estimate of drug-likeness (QED) is 0.884. The van der Waals surface area contributed by atoms with Crippen LogP contribution in [0.15, 0.2) is 29.4 Å². The number of rotatable bonds is 5. The van der Waals surface area contributed by atoms with Crippen LogP contribution in [-0.2, 0) is 16.4 Å². The number of aromatic nitrogens is 2. The van der Waals surface area contributed by atoms with Gasteiger partial charge in [0.2, 0.25) is 0 Å². The van der Waals surface area contributed by atoms with E-state index in [0.29, 0.717) is 23.0 Å². The lowest BCUT2D eigenvalue weighted by Gasteiger charge is -2.15. The molecule has 1 aromatic carbocycles. The van der Waals surface area contributed by atoms with Crippen LogP contribution in [0.4, 0.5) is 11.4 Å². The first kappa shape index (κ1) is 15.7. The van der Waals surface area contributed by atoms with E-state index >= 15 is 0 Å². The average molecular weight is 329 g/mol. The summed E-state index contributed by atoms with van der Waals surface area (Å²) in [5.41, 5.74) is 1.22. The molecule has 0 atom stereocenters. The SMILES string of the molecule is CCc1ncc(S(=O)(=O)Nc2ccc(N(C)C)c(Cl)c2)[nH]1. The van der Waals surface area contributed by atoms with E-state index in [-0.39, 0.29) is 5.03 Å². The Morgan fingerprint density at radius 1 is 1.38 bits per heavy atom. The van der Waals surface area contributed by atoms with Crippen molar-refractivity contribution in [3.05, 3.63) is 35.2 Å². The zero-order valence-electron chi connectivity index (χ0n) is 12.0. The normalized spacial score (nSPS) is 11.4. The van der Waals surface area contributed by atoms with E-state index in [1.54, 1.807) is 18.2 Å². The summed E-state index contributed by atoms with van der Waals surface area (Å²) in [4.78, 5) is 8.61. The minimum atomic E-state index is -3.69. The molecule has 21 heavy (non-hydrogen) atoms. The molecule has 0 spiro atoms. The van der Waals surface area contributed by atoms with Crippen molar-refractivity contribution >= 4 is 33.0 Å². The van der Waals surface area contributed by atoms with Crippen LogP contribution in [-0.4, -0.2) is 32.5 Å². The smallest absolute Gasteiger partial charge is 0.278 e. The van der Waals surface area contributed by atoms with Crippen LogP contribution in [0.3, 0.4) is 0 Å². The maximum Gasteiger partial charge on any atom is 0.278 e. The monoisotopic (exact) mass is 328 g/mol. The second-order valence-corrected chi connectivity index (χ2v) is 6.77. The lowest BCUT2D eigenvalue weighted by molar-refractivity contribution is 0.598. The molecule has 0 amide bonds. The molecule has 0 fully saturated rings. The van der Waals surface area contributed by atoms with Crippen LogP contribution < -0.4 is 9.62 Å². The first-order chi connectivity index (χ1) is 9.83. The summed E-state index contributed by atoms with van der Waals surface area (Å²) >= 11 is 6.13. The number of nitrogens with zero attached hydrogens (tertiary/aromatic N) is 2. The molecule has 0 saturated heterocycles. The molecule has 6 nitrogen and oxygen atoms in total. The van der Waals surface area contributed by atoms with Crippen molar-refractivity contribution in [1.29, 1.82) is 0 Å². The highest BCUT2D eigenvalue weighted by atomic mass is 35.5. The van der Waals surface area contributed by atoms with Gasteiger partial charge in [0.15, 0.2) is 5.03 Å². The summed E-state index contributed by atoms with van der Waals surface area (Å²) in [6.45, 7) is 1.89. The molecule has 1 heterocycles. The van der Waals surface area contributed by atoms with Crippen LogP contribution in [0.5, 0.6) is 0 Å². The van der Waals surface area contributed by atoms with Crippen molar-refractivity contribution in [2.24, 2.45) is 0 Å². The van der Waals surface area contributed by atoms with Gasteiger partial charge in [0.05, 0.1) is 22.6 Å². The summed E-state index contributed by atoms with van der Waals surface area (Å²) in [6.07, 6.45) is 1.94. The molecule has 0 bridgehead atoms. The molecule has 114 valence electrons. The minimum Gasteiger partial charge on any atom is -0.376 e. The summed E-state index contributed by atoms with van der Waals surface area (Å²) in [5.74, 6) is 0.622. The molecule has 0 radical (unpaired) electrons. The largest absolute Gasteiger partial charge is 0.376 e. The lowest BCUT2D eigenvalue weighted by Crippen LogP contribution is -2.14. The third kappa shape index (κ3) is 3.48. The number of halogens is 1. The van der Waals surface area contributed by atoms with Gasteiger partial charge in [-0.1, -0.05) is 18.5 Å². The van der Waals surface area contributed by atoms with Crippen molar-refractivity contribution in [2.45, 2.75) is 18.4 Å². The van der Waals surface area contributed by atoms with Gasteiger partial charge in [-0.2, -0.15) is 8.42 Å². The molecule has 0 saturated carbocycles. The van der Waals surface area contributed by atoms with Crippen molar-refractivity contribution in [3.8, 4) is 0 Å². The molecule has 0 aliphatic rings. The fourth-order valence-corrected chi connectivity index (χ4v) is 3.14. The van der Waals surface area contributed by atoms with Crippen molar-refractivity contribution in [1.82, 2.24) is 9.97 Å². The maximum atomic E-state index is 12.2. The maximum absolute atomic E-state index is 12.2. The number of hydrogen-bond donors (Lipinski definition) is 2. The molecular weight excluding hydrogens is 312 g/mol. The van der Waals surface area contributed by atoms with E-state index in [0.717, 1.165) is 5.69 Å². The Bertz CT molecular complexity index is 740. The highest BCUT2D eigenvalue weighted by Crippen LogP contribution is 2.28. The van der Waals surface area contributed by atoms with Crippen LogP contribution in [0.25, 0.3) is 0 Å². The number of nitrogens with one attached hydrogen (secondary N) is 2. The first-order valence-electron chi connectivity index (χ1n) is 6.37. The molecule has 1 aromatic heterocycles. The van der Waals surface area contributed by atoms with Crippen molar-refractivity contribution in [3.63, 3.8) is 0 Å². The predicted molar refractivity (Wildman–Crippen MR) is 84.6 cm³/mol. The molecule has 2 aromatic rings. The Kier molecular flexibility index (Phi) is 4.43. The number of anilines is 2. The van der Waals surface area contributed by atoms with E-state index in [9.17, 15) is 8.42 Å². The molecule has 8 heteroatoms. The van der Waals surface area contributed by atoms with Gasteiger partial charge in [-0.05, 0) is 18.2 Å². The van der Waals surface area contributed by atoms with Gasteiger partial charge in [0.1, 0.15) is 5.82 Å². The Morgan fingerprint density at radius 3 is 2.62 bits per heavy atom. The van der Waals surface area contributed by atoms with Gasteiger partial charge < -0.3 is 9.88 Å². The summed E-state index contributed by atoms with van der Waals surface area (Å²) in [5, 5.41) is 0.506. The van der Waals surface area contributed by atoms with Crippen LogP contribution in [0, 0.1) is 0 Å². The number of aromatic amines is 1. The van der Waals surface area contributed by atoms with E-state index in [1.165, 1.54) is 6.20 Å².